The van der Waals surface area contributed by atoms with E-state index in [1.165, 1.54) is 31.7 Å². The van der Waals surface area contributed by atoms with E-state index < -0.39 is 0 Å². The van der Waals surface area contributed by atoms with Crippen LogP contribution in [0.2, 0.25) is 0 Å². The van der Waals surface area contributed by atoms with E-state index in [9.17, 15) is 9.90 Å². The Morgan fingerprint density at radius 1 is 1.45 bits per heavy atom. The van der Waals surface area contributed by atoms with Crippen molar-refractivity contribution in [2.24, 2.45) is 16.7 Å². The lowest BCUT2D eigenvalue weighted by Crippen LogP contribution is -2.52. The Bertz CT molecular complexity index is 550. The molecule has 2 fully saturated rings. The van der Waals surface area contributed by atoms with Gasteiger partial charge in [0.25, 0.3) is 5.91 Å². The fraction of sp³-hybridized carbons (Fsp3) is 0.625. The standard InChI is InChI=1S/C16H22N2O2/c1-15(2)10-4-6-16(3,8-10)14(15)18-13(20)11-5-7-17-9-12(11)19/h5,7,9-10,14,19H,4,6,8H2,1-3H3,(H,18,20). The predicted octanol–water partition coefficient (Wildman–Crippen LogP) is 2.73. The molecule has 2 bridgehead atoms. The highest BCUT2D eigenvalue weighted by Gasteiger charge is 2.59. The van der Waals surface area contributed by atoms with E-state index in [1.54, 1.807) is 6.07 Å². The lowest BCUT2D eigenvalue weighted by Gasteiger charge is -2.43. The monoisotopic (exact) mass is 274 g/mol. The van der Waals surface area contributed by atoms with Gasteiger partial charge in [0.1, 0.15) is 5.75 Å². The van der Waals surface area contributed by atoms with Crippen molar-refractivity contribution in [3.05, 3.63) is 24.0 Å². The van der Waals surface area contributed by atoms with E-state index in [2.05, 4.69) is 31.1 Å². The molecule has 3 unspecified atom stereocenters. The first-order chi connectivity index (χ1) is 9.34. The molecular formula is C16H22N2O2. The van der Waals surface area contributed by atoms with E-state index in [0.717, 1.165) is 0 Å². The molecule has 4 heteroatoms. The van der Waals surface area contributed by atoms with Gasteiger partial charge in [0.2, 0.25) is 0 Å². The first kappa shape index (κ1) is 13.4. The number of aromatic hydroxyl groups is 1. The van der Waals surface area contributed by atoms with Crippen LogP contribution < -0.4 is 5.32 Å². The maximum absolute atomic E-state index is 12.4. The Hall–Kier alpha value is -1.58. The van der Waals surface area contributed by atoms with Crippen molar-refractivity contribution in [3.63, 3.8) is 0 Å². The van der Waals surface area contributed by atoms with Gasteiger partial charge in [-0.05, 0) is 42.1 Å². The van der Waals surface area contributed by atoms with E-state index in [-0.39, 0.29) is 28.5 Å². The second-order valence-electron chi connectivity index (χ2n) is 7.21. The van der Waals surface area contributed by atoms with Crippen molar-refractivity contribution in [2.45, 2.75) is 46.1 Å². The van der Waals surface area contributed by atoms with Crippen LogP contribution in [0.25, 0.3) is 0 Å². The second kappa shape index (κ2) is 4.21. The fourth-order valence-electron chi connectivity index (χ4n) is 4.45. The van der Waals surface area contributed by atoms with Gasteiger partial charge in [0.15, 0.2) is 0 Å². The van der Waals surface area contributed by atoms with Gasteiger partial charge in [-0.15, -0.1) is 0 Å². The molecule has 3 atom stereocenters. The third-order valence-corrected chi connectivity index (χ3v) is 5.59. The van der Waals surface area contributed by atoms with Gasteiger partial charge in [0.05, 0.1) is 11.8 Å². The number of hydrogen-bond donors (Lipinski definition) is 2. The van der Waals surface area contributed by atoms with Crippen molar-refractivity contribution in [2.75, 3.05) is 0 Å². The summed E-state index contributed by atoms with van der Waals surface area (Å²) in [5.74, 6) is 0.428. The summed E-state index contributed by atoms with van der Waals surface area (Å²) < 4.78 is 0. The Labute approximate surface area is 119 Å². The highest BCUT2D eigenvalue weighted by molar-refractivity contribution is 5.96. The molecule has 1 aromatic heterocycles. The number of fused-ring (bicyclic) bond motifs is 2. The molecular weight excluding hydrogens is 252 g/mol. The van der Waals surface area contributed by atoms with Gasteiger partial charge in [0, 0.05) is 12.2 Å². The average molecular weight is 274 g/mol. The molecule has 0 spiro atoms. The highest BCUT2D eigenvalue weighted by Crippen LogP contribution is 2.62. The third-order valence-electron chi connectivity index (χ3n) is 5.59. The van der Waals surface area contributed by atoms with Crippen LogP contribution in [0, 0.1) is 16.7 Å². The number of pyridine rings is 1. The van der Waals surface area contributed by atoms with Gasteiger partial charge in [-0.2, -0.15) is 0 Å². The number of carbonyl (C=O) groups is 1. The van der Waals surface area contributed by atoms with E-state index in [4.69, 9.17) is 0 Å². The first-order valence-electron chi connectivity index (χ1n) is 7.28. The maximum Gasteiger partial charge on any atom is 0.255 e. The molecule has 0 radical (unpaired) electrons. The smallest absolute Gasteiger partial charge is 0.255 e. The molecule has 0 aromatic carbocycles. The zero-order chi connectivity index (χ0) is 14.5. The lowest BCUT2D eigenvalue weighted by atomic mass is 9.68. The minimum atomic E-state index is -0.197. The summed E-state index contributed by atoms with van der Waals surface area (Å²) in [6, 6.07) is 1.72. The molecule has 4 nitrogen and oxygen atoms in total. The van der Waals surface area contributed by atoms with Crippen molar-refractivity contribution >= 4 is 5.91 Å². The SMILES string of the molecule is CC12CCC(C1)C(C)(C)C2NC(=O)c1ccncc1O. The van der Waals surface area contributed by atoms with Gasteiger partial charge >= 0.3 is 0 Å². The van der Waals surface area contributed by atoms with Gasteiger partial charge in [-0.1, -0.05) is 20.8 Å². The van der Waals surface area contributed by atoms with Crippen molar-refractivity contribution in [1.29, 1.82) is 0 Å². The van der Waals surface area contributed by atoms with Crippen LogP contribution in [-0.4, -0.2) is 22.0 Å². The molecule has 1 amide bonds. The third kappa shape index (κ3) is 1.81. The van der Waals surface area contributed by atoms with Crippen LogP contribution in [0.1, 0.15) is 50.4 Å². The number of nitrogens with one attached hydrogen (secondary N) is 1. The zero-order valence-electron chi connectivity index (χ0n) is 12.3. The van der Waals surface area contributed by atoms with E-state index >= 15 is 0 Å². The number of nitrogens with zero attached hydrogens (tertiary/aromatic N) is 1. The number of amides is 1. The van der Waals surface area contributed by atoms with Gasteiger partial charge < -0.3 is 10.4 Å². The highest BCUT2D eigenvalue weighted by atomic mass is 16.3. The minimum absolute atomic E-state index is 0.0592. The van der Waals surface area contributed by atoms with Crippen LogP contribution in [0.5, 0.6) is 5.75 Å². The van der Waals surface area contributed by atoms with Gasteiger partial charge in [-0.25, -0.2) is 0 Å². The lowest BCUT2D eigenvalue weighted by molar-refractivity contribution is 0.0735. The maximum atomic E-state index is 12.4. The van der Waals surface area contributed by atoms with E-state index in [0.29, 0.717) is 11.5 Å². The average Bonchev–Trinajstić information content (AvgIpc) is 2.86. The Kier molecular flexibility index (Phi) is 2.82. The topological polar surface area (TPSA) is 62.2 Å². The molecule has 1 aromatic rings. The summed E-state index contributed by atoms with van der Waals surface area (Å²) >= 11 is 0. The summed E-state index contributed by atoms with van der Waals surface area (Å²) in [4.78, 5) is 16.2. The minimum Gasteiger partial charge on any atom is -0.505 e. The van der Waals surface area contributed by atoms with Crippen molar-refractivity contribution in [1.82, 2.24) is 10.3 Å². The molecule has 108 valence electrons. The van der Waals surface area contributed by atoms with Crippen LogP contribution >= 0.6 is 0 Å². The Morgan fingerprint density at radius 2 is 2.20 bits per heavy atom. The van der Waals surface area contributed by atoms with Crippen molar-refractivity contribution < 1.29 is 9.90 Å². The van der Waals surface area contributed by atoms with Crippen LogP contribution in [0.4, 0.5) is 0 Å². The summed E-state index contributed by atoms with van der Waals surface area (Å²) in [5, 5.41) is 12.9. The summed E-state index contributed by atoms with van der Waals surface area (Å²) in [5.41, 5.74) is 0.611. The van der Waals surface area contributed by atoms with Crippen molar-refractivity contribution in [3.8, 4) is 5.75 Å². The van der Waals surface area contributed by atoms with Crippen LogP contribution in [0.3, 0.4) is 0 Å². The molecule has 3 rings (SSSR count). The Morgan fingerprint density at radius 3 is 2.80 bits per heavy atom. The van der Waals surface area contributed by atoms with Gasteiger partial charge in [-0.3, -0.25) is 9.78 Å². The fourth-order valence-corrected chi connectivity index (χ4v) is 4.45. The summed E-state index contributed by atoms with van der Waals surface area (Å²) in [6.07, 6.45) is 6.46. The molecule has 0 aliphatic heterocycles. The predicted molar refractivity (Wildman–Crippen MR) is 76.4 cm³/mol. The molecule has 2 saturated carbocycles. The number of rotatable bonds is 2. The molecule has 2 aliphatic carbocycles. The van der Waals surface area contributed by atoms with E-state index in [1.807, 2.05) is 0 Å². The van der Waals surface area contributed by atoms with Crippen LogP contribution in [-0.2, 0) is 0 Å². The molecule has 2 N–H and O–H groups in total. The van der Waals surface area contributed by atoms with Crippen LogP contribution in [0.15, 0.2) is 18.5 Å². The molecule has 2 aliphatic rings. The largest absolute Gasteiger partial charge is 0.505 e. The Balaban J connectivity index is 1.85. The molecule has 20 heavy (non-hydrogen) atoms. The normalized spacial score (nSPS) is 34.1. The second-order valence-corrected chi connectivity index (χ2v) is 7.21. The molecule has 1 heterocycles. The number of hydrogen-bond acceptors (Lipinski definition) is 3. The number of carbonyl (C=O) groups excluding carboxylic acids is 1. The number of aromatic nitrogens is 1. The summed E-state index contributed by atoms with van der Waals surface area (Å²) in [6.45, 7) is 6.78. The first-order valence-corrected chi connectivity index (χ1v) is 7.28. The quantitative estimate of drug-likeness (QED) is 0.871. The zero-order valence-corrected chi connectivity index (χ0v) is 12.3. The molecule has 0 saturated heterocycles. The summed E-state index contributed by atoms with van der Waals surface area (Å²) in [7, 11) is 0.